The Bertz CT molecular complexity index is 1050. The van der Waals surface area contributed by atoms with Crippen LogP contribution in [0, 0.1) is 5.92 Å². The average Bonchev–Trinajstić information content (AvgIpc) is 2.73. The number of aryl methyl sites for hydroxylation is 2. The molecular formula is C25H30N2O2Si. The maximum atomic E-state index is 13.1. The van der Waals surface area contributed by atoms with E-state index >= 15 is 0 Å². The number of carbonyl (C=O) groups excluding carboxylic acids is 1. The van der Waals surface area contributed by atoms with Crippen LogP contribution in [0.3, 0.4) is 0 Å². The van der Waals surface area contributed by atoms with Crippen molar-refractivity contribution in [2.45, 2.75) is 70.2 Å². The maximum absolute atomic E-state index is 13.1. The number of hydrogen-bond acceptors (Lipinski definition) is 4. The first-order valence-electron chi connectivity index (χ1n) is 11.3. The Kier molecular flexibility index (Phi) is 4.60. The SMILES string of the molecule is C[Si](C)(C)C1=C2c3nc4c(nc3[C@](O)(c3ccccc3)C[C@H]2CCC1=O)CCCC4. The van der Waals surface area contributed by atoms with E-state index in [0.29, 0.717) is 18.5 Å². The number of aliphatic hydroxyl groups is 1. The van der Waals surface area contributed by atoms with Crippen LogP contribution in [-0.2, 0) is 23.2 Å². The Morgan fingerprint density at radius 2 is 1.67 bits per heavy atom. The second-order valence-electron chi connectivity index (χ2n) is 10.1. The summed E-state index contributed by atoms with van der Waals surface area (Å²) in [5.41, 5.74) is 4.41. The van der Waals surface area contributed by atoms with E-state index in [2.05, 4.69) is 19.6 Å². The summed E-state index contributed by atoms with van der Waals surface area (Å²) < 4.78 is 0. The summed E-state index contributed by atoms with van der Waals surface area (Å²) in [6, 6.07) is 9.91. The number of aromatic nitrogens is 2. The summed E-state index contributed by atoms with van der Waals surface area (Å²) in [5, 5.41) is 13.1. The lowest BCUT2D eigenvalue weighted by atomic mass is 9.68. The van der Waals surface area contributed by atoms with Gasteiger partial charge in [0.15, 0.2) is 5.78 Å². The standard InChI is InChI=1S/C25H30N2O2Si/c1-30(2,3)23-20(28)14-13-16-15-25(29,17-9-5-4-6-10-17)24-22(21(16)23)26-18-11-7-8-12-19(18)27-24/h4-6,9-10,16,29H,7-8,11-15H2,1-3H3/t16-,25-/m1/s1. The Balaban J connectivity index is 1.83. The van der Waals surface area contributed by atoms with Crippen LogP contribution in [-0.4, -0.2) is 28.9 Å². The number of nitrogens with zero attached hydrogens (tertiary/aromatic N) is 2. The van der Waals surface area contributed by atoms with Crippen LogP contribution in [0.4, 0.5) is 0 Å². The van der Waals surface area contributed by atoms with Gasteiger partial charge in [-0.2, -0.15) is 0 Å². The van der Waals surface area contributed by atoms with Crippen molar-refractivity contribution in [3.8, 4) is 0 Å². The molecular weight excluding hydrogens is 388 g/mol. The highest BCUT2D eigenvalue weighted by molar-refractivity contribution is 6.88. The minimum absolute atomic E-state index is 0.151. The number of rotatable bonds is 2. The van der Waals surface area contributed by atoms with Gasteiger partial charge in [-0.3, -0.25) is 9.78 Å². The van der Waals surface area contributed by atoms with Gasteiger partial charge in [0.2, 0.25) is 0 Å². The molecule has 156 valence electrons. The molecule has 0 spiro atoms. The third-order valence-corrected chi connectivity index (χ3v) is 9.04. The van der Waals surface area contributed by atoms with Crippen LogP contribution in [0.5, 0.6) is 0 Å². The molecule has 5 heteroatoms. The number of hydrogen-bond donors (Lipinski definition) is 1. The summed E-state index contributed by atoms with van der Waals surface area (Å²) in [6.07, 6.45) is 6.05. The number of Topliss-reactive ketones (excluding diaryl/α,β-unsaturated/α-hetero) is 1. The quantitative estimate of drug-likeness (QED) is 0.724. The van der Waals surface area contributed by atoms with E-state index in [1.807, 2.05) is 30.3 Å². The van der Waals surface area contributed by atoms with Crippen LogP contribution >= 0.6 is 0 Å². The fourth-order valence-electron chi connectivity index (χ4n) is 5.66. The van der Waals surface area contributed by atoms with E-state index in [1.165, 1.54) is 0 Å². The molecule has 2 atom stereocenters. The molecule has 0 saturated heterocycles. The van der Waals surface area contributed by atoms with Gasteiger partial charge in [0.25, 0.3) is 0 Å². The van der Waals surface area contributed by atoms with Crippen LogP contribution in [0.25, 0.3) is 5.57 Å². The first-order chi connectivity index (χ1) is 14.3. The molecule has 30 heavy (non-hydrogen) atoms. The number of benzene rings is 1. The van der Waals surface area contributed by atoms with E-state index < -0.39 is 13.7 Å². The van der Waals surface area contributed by atoms with E-state index in [0.717, 1.165) is 65.5 Å². The van der Waals surface area contributed by atoms with Crippen molar-refractivity contribution in [2.24, 2.45) is 5.92 Å². The highest BCUT2D eigenvalue weighted by atomic mass is 28.3. The predicted octanol–water partition coefficient (Wildman–Crippen LogP) is 4.61. The van der Waals surface area contributed by atoms with Crippen molar-refractivity contribution in [2.75, 3.05) is 0 Å². The Morgan fingerprint density at radius 1 is 1.00 bits per heavy atom. The second-order valence-corrected chi connectivity index (χ2v) is 15.1. The number of ketones is 1. The number of allylic oxidation sites excluding steroid dienone is 2. The minimum atomic E-state index is -1.88. The van der Waals surface area contributed by atoms with Gasteiger partial charge >= 0.3 is 0 Å². The summed E-state index contributed by atoms with van der Waals surface area (Å²) in [5.74, 6) is 0.439. The Morgan fingerprint density at radius 3 is 2.33 bits per heavy atom. The highest BCUT2D eigenvalue weighted by Crippen LogP contribution is 2.52. The van der Waals surface area contributed by atoms with Crippen LogP contribution in [0.1, 0.15) is 60.4 Å². The van der Waals surface area contributed by atoms with Crippen LogP contribution < -0.4 is 0 Å². The first-order valence-corrected chi connectivity index (χ1v) is 14.8. The molecule has 0 bridgehead atoms. The molecule has 4 nitrogen and oxygen atoms in total. The molecule has 3 aliphatic carbocycles. The van der Waals surface area contributed by atoms with Gasteiger partial charge < -0.3 is 5.11 Å². The molecule has 2 aromatic rings. The third kappa shape index (κ3) is 3.02. The number of carbonyl (C=O) groups is 1. The van der Waals surface area contributed by atoms with E-state index in [4.69, 9.17) is 9.97 Å². The summed E-state index contributed by atoms with van der Waals surface area (Å²) in [7, 11) is -1.88. The van der Waals surface area contributed by atoms with Crippen molar-refractivity contribution < 1.29 is 9.90 Å². The smallest absolute Gasteiger partial charge is 0.155 e. The average molecular weight is 419 g/mol. The topological polar surface area (TPSA) is 63.1 Å². The highest BCUT2D eigenvalue weighted by Gasteiger charge is 2.49. The molecule has 3 aliphatic rings. The molecule has 1 N–H and O–H groups in total. The zero-order valence-corrected chi connectivity index (χ0v) is 19.2. The molecule has 5 rings (SSSR count). The van der Waals surface area contributed by atoms with Gasteiger partial charge in [0.05, 0.1) is 25.2 Å². The zero-order valence-electron chi connectivity index (χ0n) is 18.2. The van der Waals surface area contributed by atoms with E-state index in [9.17, 15) is 9.90 Å². The van der Waals surface area contributed by atoms with Crippen LogP contribution in [0.15, 0.2) is 35.5 Å². The van der Waals surface area contributed by atoms with E-state index in [-0.39, 0.29) is 11.7 Å². The minimum Gasteiger partial charge on any atom is -0.379 e. The number of fused-ring (bicyclic) bond motifs is 4. The monoisotopic (exact) mass is 418 g/mol. The largest absolute Gasteiger partial charge is 0.379 e. The van der Waals surface area contributed by atoms with E-state index in [1.54, 1.807) is 0 Å². The molecule has 1 aromatic heterocycles. The molecule has 0 radical (unpaired) electrons. The van der Waals surface area contributed by atoms with Crippen LogP contribution in [0.2, 0.25) is 19.6 Å². The van der Waals surface area contributed by atoms with Gasteiger partial charge in [-0.1, -0.05) is 50.0 Å². The fourth-order valence-corrected chi connectivity index (χ4v) is 7.75. The predicted molar refractivity (Wildman–Crippen MR) is 121 cm³/mol. The third-order valence-electron chi connectivity index (χ3n) is 6.99. The summed E-state index contributed by atoms with van der Waals surface area (Å²) >= 11 is 0. The van der Waals surface area contributed by atoms with Crippen molar-refractivity contribution in [3.63, 3.8) is 0 Å². The van der Waals surface area contributed by atoms with Gasteiger partial charge in [-0.25, -0.2) is 4.98 Å². The lowest BCUT2D eigenvalue weighted by Gasteiger charge is -2.43. The summed E-state index contributed by atoms with van der Waals surface area (Å²) in [4.78, 5) is 23.3. The Hall–Kier alpha value is -2.11. The van der Waals surface area contributed by atoms with Gasteiger partial charge in [0, 0.05) is 6.42 Å². The van der Waals surface area contributed by atoms with Gasteiger partial charge in [0.1, 0.15) is 11.3 Å². The lowest BCUT2D eigenvalue weighted by molar-refractivity contribution is -0.115. The summed E-state index contributed by atoms with van der Waals surface area (Å²) in [6.45, 7) is 6.75. The zero-order chi connectivity index (χ0) is 21.1. The molecule has 0 amide bonds. The molecule has 0 fully saturated rings. The molecule has 1 heterocycles. The van der Waals surface area contributed by atoms with Crippen molar-refractivity contribution in [3.05, 3.63) is 63.9 Å². The Labute approximate surface area is 179 Å². The molecule has 0 saturated carbocycles. The van der Waals surface area contributed by atoms with Crippen molar-refractivity contribution >= 4 is 19.4 Å². The fraction of sp³-hybridized carbons (Fsp3) is 0.480. The molecule has 0 unspecified atom stereocenters. The molecule has 1 aromatic carbocycles. The van der Waals surface area contributed by atoms with Crippen molar-refractivity contribution in [1.82, 2.24) is 9.97 Å². The lowest BCUT2D eigenvalue weighted by Crippen LogP contribution is -2.43. The normalized spacial score (nSPS) is 26.1. The first kappa shape index (κ1) is 19.8. The van der Waals surface area contributed by atoms with Crippen molar-refractivity contribution in [1.29, 1.82) is 0 Å². The second kappa shape index (κ2) is 6.96. The van der Waals surface area contributed by atoms with Gasteiger partial charge in [-0.15, -0.1) is 0 Å². The molecule has 0 aliphatic heterocycles. The van der Waals surface area contributed by atoms with Gasteiger partial charge in [-0.05, 0) is 60.8 Å². The maximum Gasteiger partial charge on any atom is 0.155 e.